The zero-order valence-corrected chi connectivity index (χ0v) is 14.5. The molecule has 2 N–H and O–H groups in total. The summed E-state index contributed by atoms with van der Waals surface area (Å²) < 4.78 is 1.60. The van der Waals surface area contributed by atoms with Gasteiger partial charge >= 0.3 is 5.97 Å². The number of fused-ring (bicyclic) bond motifs is 1. The molecule has 1 aliphatic rings. The minimum Gasteiger partial charge on any atom is -0.480 e. The molecule has 0 fully saturated rings. The zero-order chi connectivity index (χ0) is 18.0. The monoisotopic (exact) mass is 341 g/mol. The van der Waals surface area contributed by atoms with Crippen molar-refractivity contribution in [1.82, 2.24) is 15.1 Å². The fourth-order valence-electron chi connectivity index (χ4n) is 3.51. The summed E-state index contributed by atoms with van der Waals surface area (Å²) >= 11 is 0. The summed E-state index contributed by atoms with van der Waals surface area (Å²) in [5, 5.41) is 16.3. The van der Waals surface area contributed by atoms with E-state index in [-0.39, 0.29) is 11.6 Å². The lowest BCUT2D eigenvalue weighted by Crippen LogP contribution is -2.42. The molecule has 2 atom stereocenters. The third-order valence-electron chi connectivity index (χ3n) is 4.96. The van der Waals surface area contributed by atoms with Gasteiger partial charge in [-0.1, -0.05) is 24.3 Å². The molecule has 1 heterocycles. The highest BCUT2D eigenvalue weighted by Crippen LogP contribution is 2.34. The molecule has 6 nitrogen and oxygen atoms in total. The number of aryl methyl sites for hydroxylation is 3. The molecule has 0 radical (unpaired) electrons. The van der Waals surface area contributed by atoms with Crippen molar-refractivity contribution in [2.75, 3.05) is 0 Å². The van der Waals surface area contributed by atoms with Crippen molar-refractivity contribution in [3.63, 3.8) is 0 Å². The maximum atomic E-state index is 12.4. The van der Waals surface area contributed by atoms with Crippen LogP contribution in [0.4, 0.5) is 0 Å². The van der Waals surface area contributed by atoms with Crippen molar-refractivity contribution < 1.29 is 14.7 Å². The van der Waals surface area contributed by atoms with Crippen molar-refractivity contribution in [3.8, 4) is 0 Å². The highest BCUT2D eigenvalue weighted by atomic mass is 16.4. The zero-order valence-electron chi connectivity index (χ0n) is 14.5. The molecular formula is C19H23N3O3. The maximum absolute atomic E-state index is 12.4. The number of carbonyl (C=O) groups is 2. The van der Waals surface area contributed by atoms with Gasteiger partial charge in [-0.05, 0) is 55.7 Å². The maximum Gasteiger partial charge on any atom is 0.326 e. The second kappa shape index (κ2) is 7.09. The number of carboxylic acid groups (broad SMARTS) is 1. The van der Waals surface area contributed by atoms with E-state index in [1.165, 1.54) is 11.1 Å². The van der Waals surface area contributed by atoms with E-state index in [1.54, 1.807) is 17.8 Å². The van der Waals surface area contributed by atoms with Gasteiger partial charge in [-0.3, -0.25) is 9.48 Å². The molecule has 2 aromatic rings. The fourth-order valence-corrected chi connectivity index (χ4v) is 3.51. The molecule has 0 saturated carbocycles. The second-order valence-corrected chi connectivity index (χ2v) is 6.68. The smallest absolute Gasteiger partial charge is 0.326 e. The normalized spacial score (nSPS) is 17.6. The number of nitrogens with zero attached hydrogens (tertiary/aromatic N) is 2. The Hall–Kier alpha value is -2.63. The highest BCUT2D eigenvalue weighted by molar-refractivity contribution is 5.95. The SMILES string of the molecule is Cc1cc(C(=O)N[C@H](C[C@H]2CCCc3ccccc32)C(=O)O)nn1C. The molecule has 1 aromatic carbocycles. The number of hydrogen-bond donors (Lipinski definition) is 2. The van der Waals surface area contributed by atoms with Crippen molar-refractivity contribution in [3.05, 3.63) is 52.8 Å². The molecule has 0 bridgehead atoms. The standard InChI is InChI=1S/C19H23N3O3/c1-12-10-16(21-22(12)2)18(23)20-17(19(24)25)11-14-8-5-7-13-6-3-4-9-15(13)14/h3-4,6,9-10,14,17H,5,7-8,11H2,1-2H3,(H,20,23)(H,24,25)/t14-,17-/m1/s1. The largest absolute Gasteiger partial charge is 0.480 e. The van der Waals surface area contributed by atoms with Crippen LogP contribution in [0, 0.1) is 6.92 Å². The van der Waals surface area contributed by atoms with Gasteiger partial charge in [0.2, 0.25) is 0 Å². The van der Waals surface area contributed by atoms with Crippen LogP contribution in [0.25, 0.3) is 0 Å². The molecule has 3 rings (SSSR count). The Morgan fingerprint density at radius 2 is 2.16 bits per heavy atom. The third kappa shape index (κ3) is 3.73. The molecule has 0 saturated heterocycles. The van der Waals surface area contributed by atoms with E-state index in [2.05, 4.69) is 22.5 Å². The van der Waals surface area contributed by atoms with E-state index < -0.39 is 17.9 Å². The predicted molar refractivity (Wildman–Crippen MR) is 93.6 cm³/mol. The summed E-state index contributed by atoms with van der Waals surface area (Å²) in [6, 6.07) is 8.91. The van der Waals surface area contributed by atoms with Gasteiger partial charge in [0.05, 0.1) is 0 Å². The number of rotatable bonds is 5. The molecule has 0 unspecified atom stereocenters. The van der Waals surface area contributed by atoms with Crippen molar-refractivity contribution >= 4 is 11.9 Å². The summed E-state index contributed by atoms with van der Waals surface area (Å²) in [5.74, 6) is -1.30. The molecule has 0 aliphatic heterocycles. The lowest BCUT2D eigenvalue weighted by atomic mass is 9.79. The van der Waals surface area contributed by atoms with Crippen molar-refractivity contribution in [1.29, 1.82) is 0 Å². The highest BCUT2D eigenvalue weighted by Gasteiger charge is 2.28. The fraction of sp³-hybridized carbons (Fsp3) is 0.421. The first kappa shape index (κ1) is 17.2. The average molecular weight is 341 g/mol. The topological polar surface area (TPSA) is 84.2 Å². The van der Waals surface area contributed by atoms with Gasteiger partial charge in [-0.25, -0.2) is 4.79 Å². The first-order valence-corrected chi connectivity index (χ1v) is 8.58. The molecule has 25 heavy (non-hydrogen) atoms. The molecule has 132 valence electrons. The van der Waals surface area contributed by atoms with E-state index in [4.69, 9.17) is 0 Å². The first-order valence-electron chi connectivity index (χ1n) is 8.58. The minimum absolute atomic E-state index is 0.150. The van der Waals surface area contributed by atoms with Crippen LogP contribution in [0.2, 0.25) is 0 Å². The Labute approximate surface area is 146 Å². The number of amides is 1. The Bertz CT molecular complexity index is 777. The van der Waals surface area contributed by atoms with E-state index in [0.717, 1.165) is 25.0 Å². The lowest BCUT2D eigenvalue weighted by Gasteiger charge is -2.27. The van der Waals surface area contributed by atoms with Crippen LogP contribution in [-0.2, 0) is 18.3 Å². The summed E-state index contributed by atoms with van der Waals surface area (Å²) in [5.41, 5.74) is 3.59. The average Bonchev–Trinajstić information content (AvgIpc) is 2.93. The summed E-state index contributed by atoms with van der Waals surface area (Å²) in [6.45, 7) is 1.84. The quantitative estimate of drug-likeness (QED) is 0.875. The van der Waals surface area contributed by atoms with Gasteiger partial charge in [-0.2, -0.15) is 5.10 Å². The van der Waals surface area contributed by atoms with Crippen LogP contribution in [0.15, 0.2) is 30.3 Å². The predicted octanol–water partition coefficient (Wildman–Crippen LogP) is 2.42. The lowest BCUT2D eigenvalue weighted by molar-refractivity contribution is -0.139. The summed E-state index contributed by atoms with van der Waals surface area (Å²) in [6.07, 6.45) is 3.41. The number of aromatic nitrogens is 2. The Morgan fingerprint density at radius 1 is 1.40 bits per heavy atom. The number of carbonyl (C=O) groups excluding carboxylic acids is 1. The van der Waals surface area contributed by atoms with Crippen LogP contribution in [0.5, 0.6) is 0 Å². The van der Waals surface area contributed by atoms with Crippen LogP contribution in [-0.4, -0.2) is 32.8 Å². The Morgan fingerprint density at radius 3 is 2.84 bits per heavy atom. The van der Waals surface area contributed by atoms with E-state index >= 15 is 0 Å². The van der Waals surface area contributed by atoms with Gasteiger partial charge in [0.15, 0.2) is 0 Å². The van der Waals surface area contributed by atoms with Crippen LogP contribution < -0.4 is 5.32 Å². The molecule has 0 spiro atoms. The third-order valence-corrected chi connectivity index (χ3v) is 4.96. The van der Waals surface area contributed by atoms with Crippen molar-refractivity contribution in [2.45, 2.75) is 44.6 Å². The van der Waals surface area contributed by atoms with Crippen LogP contribution in [0.3, 0.4) is 0 Å². The van der Waals surface area contributed by atoms with Crippen molar-refractivity contribution in [2.24, 2.45) is 7.05 Å². The minimum atomic E-state index is -1.01. The van der Waals surface area contributed by atoms with Gasteiger partial charge < -0.3 is 10.4 Å². The second-order valence-electron chi connectivity index (χ2n) is 6.68. The van der Waals surface area contributed by atoms with E-state index in [0.29, 0.717) is 6.42 Å². The van der Waals surface area contributed by atoms with Gasteiger partial charge in [0, 0.05) is 12.7 Å². The number of aliphatic carboxylic acids is 1. The number of benzene rings is 1. The number of carboxylic acids is 1. The molecule has 1 aliphatic carbocycles. The van der Waals surface area contributed by atoms with Gasteiger partial charge in [0.1, 0.15) is 11.7 Å². The number of hydrogen-bond acceptors (Lipinski definition) is 3. The first-order chi connectivity index (χ1) is 12.0. The number of nitrogens with one attached hydrogen (secondary N) is 1. The molecule has 6 heteroatoms. The van der Waals surface area contributed by atoms with E-state index in [9.17, 15) is 14.7 Å². The summed E-state index contributed by atoms with van der Waals surface area (Å²) in [4.78, 5) is 24.0. The molecular weight excluding hydrogens is 318 g/mol. The Balaban J connectivity index is 1.74. The van der Waals surface area contributed by atoms with Gasteiger partial charge in [0.25, 0.3) is 5.91 Å². The van der Waals surface area contributed by atoms with Crippen LogP contribution >= 0.6 is 0 Å². The van der Waals surface area contributed by atoms with E-state index in [1.807, 2.05) is 19.1 Å². The summed E-state index contributed by atoms with van der Waals surface area (Å²) in [7, 11) is 1.75. The van der Waals surface area contributed by atoms with Crippen LogP contribution in [0.1, 0.15) is 52.5 Å². The van der Waals surface area contributed by atoms with Gasteiger partial charge in [-0.15, -0.1) is 0 Å². The molecule has 1 amide bonds. The Kier molecular flexibility index (Phi) is 4.88. The molecule has 1 aromatic heterocycles.